The van der Waals surface area contributed by atoms with E-state index in [0.29, 0.717) is 37.5 Å². The Hall–Kier alpha value is -3.23. The molecule has 128 valence electrons. The first-order valence-corrected chi connectivity index (χ1v) is 7.87. The summed E-state index contributed by atoms with van der Waals surface area (Å²) in [6, 6.07) is 4.12. The van der Waals surface area contributed by atoms with Gasteiger partial charge in [0.1, 0.15) is 17.7 Å². The van der Waals surface area contributed by atoms with Crippen LogP contribution in [0, 0.1) is 5.82 Å². The first-order valence-electron chi connectivity index (χ1n) is 7.87. The molecular formula is C16H16FN7O. The minimum absolute atomic E-state index is 0.200. The number of primary amides is 1. The van der Waals surface area contributed by atoms with Gasteiger partial charge in [0.15, 0.2) is 11.5 Å². The molecule has 0 unspecified atom stereocenters. The molecule has 0 atom stereocenters. The molecule has 1 aliphatic rings. The fourth-order valence-corrected chi connectivity index (χ4v) is 3.13. The van der Waals surface area contributed by atoms with Gasteiger partial charge in [0.2, 0.25) is 0 Å². The van der Waals surface area contributed by atoms with Crippen molar-refractivity contribution in [3.05, 3.63) is 42.2 Å². The van der Waals surface area contributed by atoms with Gasteiger partial charge >= 0.3 is 0 Å². The molecule has 0 aliphatic carbocycles. The molecule has 3 heterocycles. The van der Waals surface area contributed by atoms with E-state index in [1.54, 1.807) is 12.4 Å². The van der Waals surface area contributed by atoms with Crippen molar-refractivity contribution in [2.45, 2.75) is 0 Å². The second-order valence-electron chi connectivity index (χ2n) is 5.80. The molecule has 2 aromatic heterocycles. The van der Waals surface area contributed by atoms with Crippen LogP contribution in [0.1, 0.15) is 10.4 Å². The lowest BCUT2D eigenvalue weighted by Crippen LogP contribution is -2.47. The summed E-state index contributed by atoms with van der Waals surface area (Å²) in [5.41, 5.74) is 7.67. The standard InChI is InChI=1S/C16H16FN7O/c17-10-1-2-12(11(7-10)14(18)25)23-3-5-24(6-4-23)16-13-15(20-8-19-13)21-9-22-16/h1-2,7-9H,3-6H2,(H2,18,25)(H,19,20,21,22). The molecule has 1 amide bonds. The average molecular weight is 341 g/mol. The fraction of sp³-hybridized carbons (Fsp3) is 0.250. The molecule has 0 spiro atoms. The van der Waals surface area contributed by atoms with E-state index in [-0.39, 0.29) is 5.56 Å². The predicted molar refractivity (Wildman–Crippen MR) is 91.0 cm³/mol. The third-order valence-electron chi connectivity index (χ3n) is 4.35. The number of aromatic nitrogens is 4. The van der Waals surface area contributed by atoms with Crippen LogP contribution in [0.5, 0.6) is 0 Å². The Balaban J connectivity index is 1.56. The molecule has 1 aromatic carbocycles. The van der Waals surface area contributed by atoms with Gasteiger partial charge in [-0.1, -0.05) is 0 Å². The van der Waals surface area contributed by atoms with Crippen LogP contribution in [-0.4, -0.2) is 52.0 Å². The summed E-state index contributed by atoms with van der Waals surface area (Å²) in [6.07, 6.45) is 3.09. The van der Waals surface area contributed by atoms with Crippen LogP contribution in [0.2, 0.25) is 0 Å². The Bertz CT molecular complexity index is 933. The Kier molecular flexibility index (Phi) is 3.68. The van der Waals surface area contributed by atoms with Crippen LogP contribution in [0.4, 0.5) is 15.9 Å². The number of aromatic amines is 1. The summed E-state index contributed by atoms with van der Waals surface area (Å²) >= 11 is 0. The zero-order chi connectivity index (χ0) is 17.4. The van der Waals surface area contributed by atoms with Gasteiger partial charge in [0.05, 0.1) is 11.9 Å². The molecule has 1 saturated heterocycles. The number of halogens is 1. The summed E-state index contributed by atoms with van der Waals surface area (Å²) in [5.74, 6) is -0.304. The highest BCUT2D eigenvalue weighted by molar-refractivity contribution is 5.98. The van der Waals surface area contributed by atoms with Gasteiger partial charge in [-0.15, -0.1) is 0 Å². The lowest BCUT2D eigenvalue weighted by molar-refractivity contribution is 0.100. The number of nitrogens with two attached hydrogens (primary N) is 1. The predicted octanol–water partition coefficient (Wildman–Crippen LogP) is 0.917. The number of nitrogens with zero attached hydrogens (tertiary/aromatic N) is 5. The minimum Gasteiger partial charge on any atom is -0.367 e. The zero-order valence-corrected chi connectivity index (χ0v) is 13.3. The van der Waals surface area contributed by atoms with Crippen molar-refractivity contribution >= 4 is 28.6 Å². The van der Waals surface area contributed by atoms with E-state index in [9.17, 15) is 9.18 Å². The molecule has 4 rings (SSSR count). The highest BCUT2D eigenvalue weighted by Gasteiger charge is 2.23. The first-order chi connectivity index (χ1) is 12.1. The number of benzene rings is 1. The lowest BCUT2D eigenvalue weighted by Gasteiger charge is -2.37. The monoisotopic (exact) mass is 341 g/mol. The molecule has 25 heavy (non-hydrogen) atoms. The zero-order valence-electron chi connectivity index (χ0n) is 13.3. The molecule has 0 radical (unpaired) electrons. The third-order valence-corrected chi connectivity index (χ3v) is 4.35. The van der Waals surface area contributed by atoms with Gasteiger partial charge in [0.25, 0.3) is 5.91 Å². The molecule has 0 bridgehead atoms. The first kappa shape index (κ1) is 15.3. The summed E-state index contributed by atoms with van der Waals surface area (Å²) in [5, 5.41) is 0. The summed E-state index contributed by atoms with van der Waals surface area (Å²) < 4.78 is 13.4. The Morgan fingerprint density at radius 1 is 1.12 bits per heavy atom. The maximum atomic E-state index is 13.4. The van der Waals surface area contributed by atoms with Gasteiger partial charge in [-0.2, -0.15) is 0 Å². The highest BCUT2D eigenvalue weighted by atomic mass is 19.1. The Morgan fingerprint density at radius 3 is 2.64 bits per heavy atom. The number of nitrogens with one attached hydrogen (secondary N) is 1. The number of rotatable bonds is 3. The maximum absolute atomic E-state index is 13.4. The molecular weight excluding hydrogens is 325 g/mol. The van der Waals surface area contributed by atoms with E-state index in [4.69, 9.17) is 5.73 Å². The second kappa shape index (κ2) is 6.00. The number of carbonyl (C=O) groups is 1. The van der Waals surface area contributed by atoms with E-state index in [2.05, 4.69) is 24.8 Å². The summed E-state index contributed by atoms with van der Waals surface area (Å²) in [7, 11) is 0. The van der Waals surface area contributed by atoms with Crippen molar-refractivity contribution < 1.29 is 9.18 Å². The van der Waals surface area contributed by atoms with Crippen molar-refractivity contribution in [2.24, 2.45) is 5.73 Å². The third kappa shape index (κ3) is 2.73. The van der Waals surface area contributed by atoms with Crippen LogP contribution in [0.3, 0.4) is 0 Å². The topological polar surface area (TPSA) is 104 Å². The van der Waals surface area contributed by atoms with Crippen molar-refractivity contribution in [2.75, 3.05) is 36.0 Å². The van der Waals surface area contributed by atoms with Crippen molar-refractivity contribution in [1.29, 1.82) is 0 Å². The molecule has 1 aliphatic heterocycles. The number of anilines is 2. The van der Waals surface area contributed by atoms with Gasteiger partial charge in [-0.25, -0.2) is 19.3 Å². The Morgan fingerprint density at radius 2 is 1.88 bits per heavy atom. The van der Waals surface area contributed by atoms with E-state index in [1.165, 1.54) is 18.5 Å². The van der Waals surface area contributed by atoms with Crippen LogP contribution in [0.25, 0.3) is 11.2 Å². The van der Waals surface area contributed by atoms with Crippen molar-refractivity contribution in [3.63, 3.8) is 0 Å². The largest absolute Gasteiger partial charge is 0.367 e. The number of piperazine rings is 1. The van der Waals surface area contributed by atoms with E-state index in [1.807, 2.05) is 4.90 Å². The number of imidazole rings is 1. The second-order valence-corrected chi connectivity index (χ2v) is 5.80. The molecule has 9 heteroatoms. The lowest BCUT2D eigenvalue weighted by atomic mass is 10.1. The van der Waals surface area contributed by atoms with Crippen molar-refractivity contribution in [1.82, 2.24) is 19.9 Å². The van der Waals surface area contributed by atoms with E-state index < -0.39 is 11.7 Å². The van der Waals surface area contributed by atoms with Crippen molar-refractivity contribution in [3.8, 4) is 0 Å². The van der Waals surface area contributed by atoms with E-state index in [0.717, 1.165) is 11.3 Å². The Labute approximate surface area is 142 Å². The van der Waals surface area contributed by atoms with E-state index >= 15 is 0 Å². The number of hydrogen-bond acceptors (Lipinski definition) is 6. The maximum Gasteiger partial charge on any atom is 0.250 e. The quantitative estimate of drug-likeness (QED) is 0.734. The van der Waals surface area contributed by atoms with Gasteiger partial charge in [-0.3, -0.25) is 4.79 Å². The number of hydrogen-bond donors (Lipinski definition) is 2. The van der Waals surface area contributed by atoms with Gasteiger partial charge in [-0.05, 0) is 18.2 Å². The van der Waals surface area contributed by atoms with Crippen LogP contribution >= 0.6 is 0 Å². The number of fused-ring (bicyclic) bond motifs is 1. The number of amides is 1. The molecule has 3 N–H and O–H groups in total. The molecule has 0 saturated carbocycles. The summed E-state index contributed by atoms with van der Waals surface area (Å²) in [6.45, 7) is 2.71. The minimum atomic E-state index is -0.633. The van der Waals surface area contributed by atoms with Crippen LogP contribution in [0.15, 0.2) is 30.9 Å². The normalized spacial score (nSPS) is 14.9. The average Bonchev–Trinajstić information content (AvgIpc) is 3.10. The van der Waals surface area contributed by atoms with Crippen LogP contribution in [-0.2, 0) is 0 Å². The smallest absolute Gasteiger partial charge is 0.250 e. The molecule has 1 fully saturated rings. The number of H-pyrrole nitrogens is 1. The van der Waals surface area contributed by atoms with Gasteiger partial charge in [0, 0.05) is 31.9 Å². The highest BCUT2D eigenvalue weighted by Crippen LogP contribution is 2.25. The van der Waals surface area contributed by atoms with Gasteiger partial charge < -0.3 is 20.5 Å². The molecule has 3 aromatic rings. The SMILES string of the molecule is NC(=O)c1cc(F)ccc1N1CCN(c2ncnc3nc[nH]c23)CC1. The molecule has 8 nitrogen and oxygen atoms in total. The fourth-order valence-electron chi connectivity index (χ4n) is 3.13. The summed E-state index contributed by atoms with van der Waals surface area (Å²) in [4.78, 5) is 31.5. The van der Waals surface area contributed by atoms with Crippen LogP contribution < -0.4 is 15.5 Å². The number of carbonyl (C=O) groups excluding carboxylic acids is 1.